The van der Waals surface area contributed by atoms with Gasteiger partial charge in [-0.25, -0.2) is 0 Å². The molecule has 1 aromatic carbocycles. The van der Waals surface area contributed by atoms with Crippen LogP contribution in [-0.4, -0.2) is 56.2 Å². The van der Waals surface area contributed by atoms with Crippen LogP contribution in [0.5, 0.6) is 0 Å². The number of aromatic nitrogens is 4. The molecular weight excluding hydrogens is 258 g/mol. The molecule has 104 valence electrons. The van der Waals surface area contributed by atoms with Gasteiger partial charge in [-0.1, -0.05) is 18.2 Å². The number of hydrogen-bond acceptors (Lipinski definition) is 5. The summed E-state index contributed by atoms with van der Waals surface area (Å²) < 4.78 is 0. The molecule has 20 heavy (non-hydrogen) atoms. The number of carbonyl (C=O) groups is 1. The summed E-state index contributed by atoms with van der Waals surface area (Å²) in [6.07, 6.45) is 1.63. The number of aromatic amines is 1. The third kappa shape index (κ3) is 3.07. The van der Waals surface area contributed by atoms with Crippen molar-refractivity contribution in [1.29, 1.82) is 0 Å². The molecule has 0 aliphatic carbocycles. The van der Waals surface area contributed by atoms with Crippen molar-refractivity contribution in [2.24, 2.45) is 0 Å². The SMILES string of the molecule is C=CCN(CCO)C(=O)c1ccc(-c2nn[nH]n2)cc1. The van der Waals surface area contributed by atoms with Crippen molar-refractivity contribution in [1.82, 2.24) is 25.5 Å². The smallest absolute Gasteiger partial charge is 0.254 e. The first kappa shape index (κ1) is 13.9. The number of tetrazole rings is 1. The third-order valence-corrected chi connectivity index (χ3v) is 2.74. The normalized spacial score (nSPS) is 10.2. The fourth-order valence-corrected chi connectivity index (χ4v) is 1.78. The molecule has 0 bridgehead atoms. The van der Waals surface area contributed by atoms with E-state index in [1.54, 1.807) is 30.3 Å². The van der Waals surface area contributed by atoms with Gasteiger partial charge in [0.05, 0.1) is 6.61 Å². The zero-order valence-corrected chi connectivity index (χ0v) is 10.9. The van der Waals surface area contributed by atoms with Crippen molar-refractivity contribution in [2.45, 2.75) is 0 Å². The lowest BCUT2D eigenvalue weighted by molar-refractivity contribution is 0.0743. The lowest BCUT2D eigenvalue weighted by Crippen LogP contribution is -2.33. The zero-order valence-electron chi connectivity index (χ0n) is 10.9. The van der Waals surface area contributed by atoms with Gasteiger partial charge < -0.3 is 10.0 Å². The van der Waals surface area contributed by atoms with E-state index in [-0.39, 0.29) is 19.1 Å². The Bertz CT molecular complexity index is 565. The lowest BCUT2D eigenvalue weighted by atomic mass is 10.1. The second-order valence-electron chi connectivity index (χ2n) is 4.08. The van der Waals surface area contributed by atoms with Crippen LogP contribution >= 0.6 is 0 Å². The second kappa shape index (κ2) is 6.58. The summed E-state index contributed by atoms with van der Waals surface area (Å²) >= 11 is 0. The number of rotatable bonds is 6. The molecule has 7 heteroatoms. The number of aliphatic hydroxyl groups excluding tert-OH is 1. The molecule has 0 saturated carbocycles. The molecule has 0 aliphatic rings. The van der Waals surface area contributed by atoms with Gasteiger partial charge in [0.1, 0.15) is 0 Å². The number of benzene rings is 1. The molecule has 0 radical (unpaired) electrons. The molecule has 2 rings (SSSR count). The van der Waals surface area contributed by atoms with Crippen molar-refractivity contribution in [3.8, 4) is 11.4 Å². The molecule has 2 N–H and O–H groups in total. The standard InChI is InChI=1S/C13H15N5O2/c1-2-7-18(8-9-19)13(20)11-5-3-10(4-6-11)12-14-16-17-15-12/h2-6,19H,1,7-9H2,(H,14,15,16,17). The molecule has 0 saturated heterocycles. The molecule has 1 heterocycles. The minimum Gasteiger partial charge on any atom is -0.395 e. The van der Waals surface area contributed by atoms with E-state index in [9.17, 15) is 4.79 Å². The predicted octanol–water partition coefficient (Wildman–Crippen LogP) is 0.487. The highest BCUT2D eigenvalue weighted by molar-refractivity contribution is 5.94. The molecule has 7 nitrogen and oxygen atoms in total. The quantitative estimate of drug-likeness (QED) is 0.747. The van der Waals surface area contributed by atoms with E-state index >= 15 is 0 Å². The first-order chi connectivity index (χ1) is 9.76. The predicted molar refractivity (Wildman–Crippen MR) is 72.8 cm³/mol. The Morgan fingerprint density at radius 3 is 2.70 bits per heavy atom. The van der Waals surface area contributed by atoms with Crippen LogP contribution in [0.1, 0.15) is 10.4 Å². The summed E-state index contributed by atoms with van der Waals surface area (Å²) in [4.78, 5) is 13.8. The van der Waals surface area contributed by atoms with Crippen LogP contribution in [0.3, 0.4) is 0 Å². The van der Waals surface area contributed by atoms with Gasteiger partial charge in [0.15, 0.2) is 0 Å². The van der Waals surface area contributed by atoms with E-state index in [0.29, 0.717) is 17.9 Å². The van der Waals surface area contributed by atoms with Crippen molar-refractivity contribution >= 4 is 5.91 Å². The lowest BCUT2D eigenvalue weighted by Gasteiger charge is -2.19. The molecule has 0 spiro atoms. The van der Waals surface area contributed by atoms with Gasteiger partial charge in [0, 0.05) is 24.2 Å². The first-order valence-electron chi connectivity index (χ1n) is 6.11. The van der Waals surface area contributed by atoms with Gasteiger partial charge in [0.2, 0.25) is 5.82 Å². The van der Waals surface area contributed by atoms with Crippen LogP contribution in [-0.2, 0) is 0 Å². The molecule has 1 aromatic heterocycles. The molecule has 0 aliphatic heterocycles. The average molecular weight is 273 g/mol. The first-order valence-corrected chi connectivity index (χ1v) is 6.11. The maximum Gasteiger partial charge on any atom is 0.254 e. The number of nitrogens with zero attached hydrogens (tertiary/aromatic N) is 4. The second-order valence-corrected chi connectivity index (χ2v) is 4.08. The number of nitrogens with one attached hydrogen (secondary N) is 1. The van der Waals surface area contributed by atoms with Gasteiger partial charge in [0.25, 0.3) is 5.91 Å². The zero-order chi connectivity index (χ0) is 14.4. The Morgan fingerprint density at radius 1 is 1.40 bits per heavy atom. The van der Waals surface area contributed by atoms with Gasteiger partial charge in [-0.3, -0.25) is 4.79 Å². The van der Waals surface area contributed by atoms with Crippen molar-refractivity contribution in [3.05, 3.63) is 42.5 Å². The number of hydrogen-bond donors (Lipinski definition) is 2. The Balaban J connectivity index is 2.16. The van der Waals surface area contributed by atoms with E-state index < -0.39 is 0 Å². The molecular formula is C13H15N5O2. The molecule has 0 fully saturated rings. The molecule has 0 unspecified atom stereocenters. The maximum atomic E-state index is 12.2. The molecule has 0 atom stereocenters. The van der Waals surface area contributed by atoms with Crippen LogP contribution in [0, 0.1) is 0 Å². The molecule has 2 aromatic rings. The van der Waals surface area contributed by atoms with Crippen LogP contribution < -0.4 is 0 Å². The summed E-state index contributed by atoms with van der Waals surface area (Å²) in [5.41, 5.74) is 1.31. The van der Waals surface area contributed by atoms with Crippen molar-refractivity contribution in [2.75, 3.05) is 19.7 Å². The number of H-pyrrole nitrogens is 1. The minimum atomic E-state index is -0.154. The largest absolute Gasteiger partial charge is 0.395 e. The van der Waals surface area contributed by atoms with Gasteiger partial charge in [-0.2, -0.15) is 5.21 Å². The summed E-state index contributed by atoms with van der Waals surface area (Å²) in [7, 11) is 0. The highest BCUT2D eigenvalue weighted by Crippen LogP contribution is 2.15. The highest BCUT2D eigenvalue weighted by Gasteiger charge is 2.14. The summed E-state index contributed by atoms with van der Waals surface area (Å²) in [5, 5.41) is 22.6. The fraction of sp³-hybridized carbons (Fsp3) is 0.231. The van der Waals surface area contributed by atoms with Gasteiger partial charge >= 0.3 is 0 Å². The maximum absolute atomic E-state index is 12.2. The van der Waals surface area contributed by atoms with E-state index in [0.717, 1.165) is 5.56 Å². The molecule has 1 amide bonds. The highest BCUT2D eigenvalue weighted by atomic mass is 16.3. The van der Waals surface area contributed by atoms with E-state index in [1.807, 2.05) is 0 Å². The fourth-order valence-electron chi connectivity index (χ4n) is 1.78. The van der Waals surface area contributed by atoms with Crippen LogP contribution in [0.15, 0.2) is 36.9 Å². The Kier molecular flexibility index (Phi) is 4.56. The monoisotopic (exact) mass is 273 g/mol. The third-order valence-electron chi connectivity index (χ3n) is 2.74. The Labute approximate surface area is 115 Å². The van der Waals surface area contributed by atoms with Crippen molar-refractivity contribution in [3.63, 3.8) is 0 Å². The van der Waals surface area contributed by atoms with Crippen molar-refractivity contribution < 1.29 is 9.90 Å². The Hall–Kier alpha value is -2.54. The van der Waals surface area contributed by atoms with Crippen LogP contribution in [0.2, 0.25) is 0 Å². The summed E-state index contributed by atoms with van der Waals surface area (Å²) in [6, 6.07) is 6.90. The minimum absolute atomic E-state index is 0.0828. The van der Waals surface area contributed by atoms with Crippen LogP contribution in [0.4, 0.5) is 0 Å². The Morgan fingerprint density at radius 2 is 2.15 bits per heavy atom. The average Bonchev–Trinajstić information content (AvgIpc) is 3.01. The van der Waals surface area contributed by atoms with Gasteiger partial charge in [-0.15, -0.1) is 16.8 Å². The van der Waals surface area contributed by atoms with Gasteiger partial charge in [-0.05, 0) is 17.3 Å². The van der Waals surface area contributed by atoms with E-state index in [2.05, 4.69) is 27.2 Å². The summed E-state index contributed by atoms with van der Waals surface area (Å²) in [6.45, 7) is 4.19. The topological polar surface area (TPSA) is 95.0 Å². The number of carbonyl (C=O) groups excluding carboxylic acids is 1. The number of amides is 1. The van der Waals surface area contributed by atoms with E-state index in [1.165, 1.54) is 4.90 Å². The van der Waals surface area contributed by atoms with Crippen LogP contribution in [0.25, 0.3) is 11.4 Å². The number of aliphatic hydroxyl groups is 1. The van der Waals surface area contributed by atoms with E-state index in [4.69, 9.17) is 5.11 Å². The summed E-state index contributed by atoms with van der Waals surface area (Å²) in [5.74, 6) is 0.320.